The second-order valence-electron chi connectivity index (χ2n) is 5.33. The lowest BCUT2D eigenvalue weighted by Gasteiger charge is -2.16. The molecule has 0 aliphatic rings. The van der Waals surface area contributed by atoms with E-state index < -0.39 is 5.97 Å². The lowest BCUT2D eigenvalue weighted by atomic mass is 9.88. The maximum Gasteiger partial charge on any atom is 0.304 e. The molecule has 3 nitrogen and oxygen atoms in total. The minimum Gasteiger partial charge on any atom is -0.494 e. The Balaban J connectivity index is 2.15. The molecule has 3 heteroatoms. The highest BCUT2D eigenvalue weighted by Gasteiger charge is 2.17. The first-order valence-corrected chi connectivity index (χ1v) is 7.70. The van der Waals surface area contributed by atoms with Gasteiger partial charge in [0.25, 0.3) is 0 Å². The van der Waals surface area contributed by atoms with E-state index in [4.69, 9.17) is 4.74 Å². The molecule has 0 radical (unpaired) electrons. The molecule has 0 aromatic heterocycles. The van der Waals surface area contributed by atoms with Crippen molar-refractivity contribution in [3.05, 3.63) is 65.7 Å². The topological polar surface area (TPSA) is 46.5 Å². The number of unbranched alkanes of at least 4 members (excludes halogenated alkanes) is 1. The van der Waals surface area contributed by atoms with E-state index in [1.165, 1.54) is 0 Å². The van der Waals surface area contributed by atoms with E-state index in [0.717, 1.165) is 29.7 Å². The van der Waals surface area contributed by atoms with Crippen molar-refractivity contribution in [2.75, 3.05) is 6.61 Å². The minimum atomic E-state index is -0.794. The summed E-state index contributed by atoms with van der Waals surface area (Å²) >= 11 is 0. The Morgan fingerprint density at radius 3 is 2.27 bits per heavy atom. The molecule has 0 unspecified atom stereocenters. The van der Waals surface area contributed by atoms with Crippen LogP contribution in [0.3, 0.4) is 0 Å². The zero-order chi connectivity index (χ0) is 15.8. The summed E-state index contributed by atoms with van der Waals surface area (Å²) in [7, 11) is 0. The molecule has 2 aromatic rings. The third-order valence-electron chi connectivity index (χ3n) is 3.63. The molecule has 116 valence electrons. The standard InChI is InChI=1S/C19H22O3/c1-2-3-13-22-17-11-9-16(10-12-17)18(14-19(20)21)15-7-5-4-6-8-15/h4-12,18H,2-3,13-14H2,1H3,(H,20,21)/t18-/m0/s1. The van der Waals surface area contributed by atoms with E-state index in [0.29, 0.717) is 6.61 Å². The Bertz CT molecular complexity index is 575. The number of benzene rings is 2. The van der Waals surface area contributed by atoms with Crippen molar-refractivity contribution in [3.63, 3.8) is 0 Å². The van der Waals surface area contributed by atoms with Gasteiger partial charge in [0, 0.05) is 5.92 Å². The van der Waals surface area contributed by atoms with E-state index in [1.807, 2.05) is 54.6 Å². The van der Waals surface area contributed by atoms with E-state index in [9.17, 15) is 9.90 Å². The fourth-order valence-corrected chi connectivity index (χ4v) is 2.42. The van der Waals surface area contributed by atoms with Crippen LogP contribution < -0.4 is 4.74 Å². The Morgan fingerprint density at radius 1 is 1.05 bits per heavy atom. The fraction of sp³-hybridized carbons (Fsp3) is 0.316. The molecule has 0 saturated carbocycles. The molecule has 0 saturated heterocycles. The van der Waals surface area contributed by atoms with Crippen LogP contribution in [0.15, 0.2) is 54.6 Å². The van der Waals surface area contributed by atoms with E-state index in [1.54, 1.807) is 0 Å². The number of rotatable bonds is 8. The molecule has 1 N–H and O–H groups in total. The number of carboxylic acid groups (broad SMARTS) is 1. The minimum absolute atomic E-state index is 0.0834. The Hall–Kier alpha value is -2.29. The number of ether oxygens (including phenoxy) is 1. The van der Waals surface area contributed by atoms with Gasteiger partial charge in [0.15, 0.2) is 0 Å². The highest BCUT2D eigenvalue weighted by atomic mass is 16.5. The van der Waals surface area contributed by atoms with Crippen molar-refractivity contribution >= 4 is 5.97 Å². The first-order chi connectivity index (χ1) is 10.7. The van der Waals surface area contributed by atoms with Crippen LogP contribution in [0, 0.1) is 0 Å². The highest BCUT2D eigenvalue weighted by Crippen LogP contribution is 2.29. The van der Waals surface area contributed by atoms with Crippen molar-refractivity contribution in [1.29, 1.82) is 0 Å². The second kappa shape index (κ2) is 8.23. The lowest BCUT2D eigenvalue weighted by molar-refractivity contribution is -0.137. The monoisotopic (exact) mass is 298 g/mol. The zero-order valence-corrected chi connectivity index (χ0v) is 12.9. The molecule has 22 heavy (non-hydrogen) atoms. The summed E-state index contributed by atoms with van der Waals surface area (Å²) in [6.07, 6.45) is 2.22. The molecule has 0 amide bonds. The SMILES string of the molecule is CCCCOc1ccc([C@@H](CC(=O)O)c2ccccc2)cc1. The van der Waals surface area contributed by atoms with Crippen molar-refractivity contribution in [1.82, 2.24) is 0 Å². The van der Waals surface area contributed by atoms with Crippen molar-refractivity contribution in [3.8, 4) is 5.75 Å². The van der Waals surface area contributed by atoms with Gasteiger partial charge in [0.05, 0.1) is 13.0 Å². The van der Waals surface area contributed by atoms with Crippen LogP contribution in [-0.2, 0) is 4.79 Å². The predicted octanol–water partition coefficient (Wildman–Crippen LogP) is 4.47. The number of aliphatic carboxylic acids is 1. The van der Waals surface area contributed by atoms with E-state index >= 15 is 0 Å². The molecule has 0 fully saturated rings. The van der Waals surface area contributed by atoms with Crippen LogP contribution >= 0.6 is 0 Å². The van der Waals surface area contributed by atoms with Gasteiger partial charge in [-0.25, -0.2) is 0 Å². The second-order valence-corrected chi connectivity index (χ2v) is 5.33. The number of hydrogen-bond donors (Lipinski definition) is 1. The summed E-state index contributed by atoms with van der Waals surface area (Å²) in [6.45, 7) is 2.84. The third-order valence-corrected chi connectivity index (χ3v) is 3.63. The quantitative estimate of drug-likeness (QED) is 0.731. The van der Waals surface area contributed by atoms with Crippen LogP contribution in [0.1, 0.15) is 43.2 Å². The Labute approximate surface area is 131 Å². The van der Waals surface area contributed by atoms with Gasteiger partial charge >= 0.3 is 5.97 Å². The van der Waals surface area contributed by atoms with Crippen LogP contribution in [0.2, 0.25) is 0 Å². The Kier molecular flexibility index (Phi) is 6.01. The summed E-state index contributed by atoms with van der Waals surface area (Å²) in [4.78, 5) is 11.2. The number of carbonyl (C=O) groups is 1. The van der Waals surface area contributed by atoms with Crippen LogP contribution in [0.4, 0.5) is 0 Å². The molecule has 2 rings (SSSR count). The zero-order valence-electron chi connectivity index (χ0n) is 12.9. The van der Waals surface area contributed by atoms with Gasteiger partial charge in [0.2, 0.25) is 0 Å². The first-order valence-electron chi connectivity index (χ1n) is 7.70. The molecule has 1 atom stereocenters. The fourth-order valence-electron chi connectivity index (χ4n) is 2.42. The first kappa shape index (κ1) is 16.1. The van der Waals surface area contributed by atoms with Crippen LogP contribution in [0.25, 0.3) is 0 Å². The molecule has 0 bridgehead atoms. The van der Waals surface area contributed by atoms with Gasteiger partial charge in [-0.3, -0.25) is 4.79 Å². The number of hydrogen-bond acceptors (Lipinski definition) is 2. The smallest absolute Gasteiger partial charge is 0.304 e. The van der Waals surface area contributed by atoms with Crippen molar-refractivity contribution in [2.24, 2.45) is 0 Å². The summed E-state index contributed by atoms with van der Waals surface area (Å²) in [5.41, 5.74) is 2.01. The van der Waals surface area contributed by atoms with Gasteiger partial charge in [-0.2, -0.15) is 0 Å². The largest absolute Gasteiger partial charge is 0.494 e. The summed E-state index contributed by atoms with van der Waals surface area (Å²) in [6, 6.07) is 17.5. The highest BCUT2D eigenvalue weighted by molar-refractivity contribution is 5.69. The van der Waals surface area contributed by atoms with E-state index in [2.05, 4.69) is 6.92 Å². The lowest BCUT2D eigenvalue weighted by Crippen LogP contribution is -2.08. The molecule has 0 aliphatic carbocycles. The summed E-state index contributed by atoms with van der Waals surface area (Å²) in [5.74, 6) is -0.0974. The molecule has 0 spiro atoms. The normalized spacial score (nSPS) is 11.9. The molecular formula is C19H22O3. The van der Waals surface area contributed by atoms with Gasteiger partial charge in [-0.1, -0.05) is 55.8 Å². The maximum absolute atomic E-state index is 11.2. The average molecular weight is 298 g/mol. The molecular weight excluding hydrogens is 276 g/mol. The summed E-state index contributed by atoms with van der Waals surface area (Å²) in [5, 5.41) is 9.18. The molecule has 2 aromatic carbocycles. The van der Waals surface area contributed by atoms with Gasteiger partial charge < -0.3 is 9.84 Å². The Morgan fingerprint density at radius 2 is 1.68 bits per heavy atom. The third kappa shape index (κ3) is 4.62. The van der Waals surface area contributed by atoms with Crippen molar-refractivity contribution < 1.29 is 14.6 Å². The van der Waals surface area contributed by atoms with E-state index in [-0.39, 0.29) is 12.3 Å². The average Bonchev–Trinajstić information content (AvgIpc) is 2.54. The van der Waals surface area contributed by atoms with Gasteiger partial charge in [-0.05, 0) is 29.7 Å². The molecule has 0 heterocycles. The van der Waals surface area contributed by atoms with Crippen molar-refractivity contribution in [2.45, 2.75) is 32.1 Å². The van der Waals surface area contributed by atoms with Crippen LogP contribution in [-0.4, -0.2) is 17.7 Å². The maximum atomic E-state index is 11.2. The van der Waals surface area contributed by atoms with Gasteiger partial charge in [0.1, 0.15) is 5.75 Å². The summed E-state index contributed by atoms with van der Waals surface area (Å²) < 4.78 is 5.65. The van der Waals surface area contributed by atoms with Crippen LogP contribution in [0.5, 0.6) is 5.75 Å². The molecule has 0 aliphatic heterocycles. The van der Waals surface area contributed by atoms with Gasteiger partial charge in [-0.15, -0.1) is 0 Å². The predicted molar refractivity (Wildman–Crippen MR) is 87.4 cm³/mol. The number of carboxylic acids is 1.